The average molecular weight is 378 g/mol. The first-order chi connectivity index (χ1) is 12.8. The topological polar surface area (TPSA) is 58.2 Å². The number of benzene rings is 2. The summed E-state index contributed by atoms with van der Waals surface area (Å²) in [5, 5.41) is 5.46. The lowest BCUT2D eigenvalue weighted by Gasteiger charge is -2.14. The summed E-state index contributed by atoms with van der Waals surface area (Å²) in [6.07, 6.45) is -3.81. The highest BCUT2D eigenvalue weighted by atomic mass is 19.4. The van der Waals surface area contributed by atoms with Gasteiger partial charge in [-0.2, -0.15) is 13.2 Å². The fourth-order valence-electron chi connectivity index (χ4n) is 2.50. The Morgan fingerprint density at radius 3 is 2.22 bits per heavy atom. The van der Waals surface area contributed by atoms with Crippen LogP contribution in [0.1, 0.15) is 34.8 Å². The molecule has 0 aliphatic carbocycles. The second-order valence-corrected chi connectivity index (χ2v) is 6.24. The number of amides is 2. The Labute approximate surface area is 155 Å². The molecule has 0 spiro atoms. The maximum atomic E-state index is 12.5. The molecular weight excluding hydrogens is 357 g/mol. The summed E-state index contributed by atoms with van der Waals surface area (Å²) in [5.74, 6) is -0.483. The second kappa shape index (κ2) is 9.21. The molecule has 2 N–H and O–H groups in total. The Morgan fingerprint density at radius 1 is 1.00 bits per heavy atom. The number of halogens is 3. The van der Waals surface area contributed by atoms with E-state index in [9.17, 15) is 22.8 Å². The molecule has 7 heteroatoms. The Balaban J connectivity index is 1.72. The van der Waals surface area contributed by atoms with Crippen molar-refractivity contribution >= 4 is 11.8 Å². The van der Waals surface area contributed by atoms with Gasteiger partial charge in [0.15, 0.2) is 0 Å². The molecule has 2 rings (SSSR count). The van der Waals surface area contributed by atoms with E-state index >= 15 is 0 Å². The first kappa shape index (κ1) is 20.5. The molecule has 4 nitrogen and oxygen atoms in total. The minimum Gasteiger partial charge on any atom is -0.356 e. The first-order valence-electron chi connectivity index (χ1n) is 8.54. The highest BCUT2D eigenvalue weighted by Crippen LogP contribution is 2.29. The van der Waals surface area contributed by atoms with Crippen LogP contribution in [0.25, 0.3) is 0 Å². The predicted molar refractivity (Wildman–Crippen MR) is 96.1 cm³/mol. The molecule has 0 aromatic heterocycles. The largest absolute Gasteiger partial charge is 0.416 e. The molecule has 0 bridgehead atoms. The number of hydrogen-bond donors (Lipinski definition) is 2. The van der Waals surface area contributed by atoms with Crippen LogP contribution < -0.4 is 10.6 Å². The van der Waals surface area contributed by atoms with Gasteiger partial charge in [-0.05, 0) is 43.2 Å². The van der Waals surface area contributed by atoms with Gasteiger partial charge in [-0.15, -0.1) is 0 Å². The fraction of sp³-hybridized carbons (Fsp3) is 0.300. The van der Waals surface area contributed by atoms with Gasteiger partial charge in [-0.25, -0.2) is 0 Å². The van der Waals surface area contributed by atoms with Crippen LogP contribution in [0, 0.1) is 0 Å². The molecule has 1 unspecified atom stereocenters. The molecular formula is C20H21F3N2O2. The molecule has 0 saturated heterocycles. The minimum absolute atomic E-state index is 0.117. The van der Waals surface area contributed by atoms with Crippen LogP contribution in [0.3, 0.4) is 0 Å². The number of nitrogens with one attached hydrogen (secondary N) is 2. The standard InChI is InChI=1S/C20H21F3N2O2/c1-14(25-19(27)16-5-3-2-4-6-16)13-18(26)24-12-11-15-7-9-17(10-8-15)20(21,22)23/h2-10,14H,11-13H2,1H3,(H,24,26)(H,25,27). The van der Waals surface area contributed by atoms with E-state index in [0.29, 0.717) is 24.1 Å². The number of alkyl halides is 3. The lowest BCUT2D eigenvalue weighted by Crippen LogP contribution is -2.37. The summed E-state index contributed by atoms with van der Waals surface area (Å²) in [4.78, 5) is 23.9. The highest BCUT2D eigenvalue weighted by molar-refractivity contribution is 5.94. The molecule has 0 radical (unpaired) electrons. The smallest absolute Gasteiger partial charge is 0.356 e. The Kier molecular flexibility index (Phi) is 6.98. The van der Waals surface area contributed by atoms with Crippen molar-refractivity contribution in [1.29, 1.82) is 0 Å². The number of rotatable bonds is 7. The van der Waals surface area contributed by atoms with Gasteiger partial charge in [-0.1, -0.05) is 30.3 Å². The molecule has 0 aliphatic rings. The number of carbonyl (C=O) groups excluding carboxylic acids is 2. The maximum Gasteiger partial charge on any atom is 0.416 e. The van der Waals surface area contributed by atoms with Crippen LogP contribution in [-0.4, -0.2) is 24.4 Å². The average Bonchev–Trinajstić information content (AvgIpc) is 2.62. The zero-order valence-electron chi connectivity index (χ0n) is 14.8. The molecule has 2 aromatic carbocycles. The van der Waals surface area contributed by atoms with Gasteiger partial charge in [0.2, 0.25) is 5.91 Å². The number of carbonyl (C=O) groups is 2. The molecule has 1 atom stereocenters. The summed E-state index contributed by atoms with van der Waals surface area (Å²) >= 11 is 0. The van der Waals surface area contributed by atoms with E-state index in [1.165, 1.54) is 12.1 Å². The van der Waals surface area contributed by atoms with Crippen molar-refractivity contribution in [3.63, 3.8) is 0 Å². The van der Waals surface area contributed by atoms with Gasteiger partial charge in [0.1, 0.15) is 0 Å². The quantitative estimate of drug-likeness (QED) is 0.774. The predicted octanol–water partition coefficient (Wildman–Crippen LogP) is 3.57. The van der Waals surface area contributed by atoms with Gasteiger partial charge in [-0.3, -0.25) is 9.59 Å². The Bertz CT molecular complexity index is 759. The molecule has 144 valence electrons. The van der Waals surface area contributed by atoms with Gasteiger partial charge in [0, 0.05) is 24.6 Å². The summed E-state index contributed by atoms with van der Waals surface area (Å²) in [6, 6.07) is 13.2. The maximum absolute atomic E-state index is 12.5. The van der Waals surface area contributed by atoms with Crippen molar-refractivity contribution in [3.8, 4) is 0 Å². The van der Waals surface area contributed by atoms with Crippen LogP contribution in [-0.2, 0) is 17.4 Å². The zero-order chi connectivity index (χ0) is 19.9. The zero-order valence-corrected chi connectivity index (χ0v) is 14.8. The van der Waals surface area contributed by atoms with E-state index in [0.717, 1.165) is 12.1 Å². The van der Waals surface area contributed by atoms with E-state index in [1.54, 1.807) is 31.2 Å². The third kappa shape index (κ3) is 6.77. The second-order valence-electron chi connectivity index (χ2n) is 6.24. The van der Waals surface area contributed by atoms with Crippen LogP contribution in [0.15, 0.2) is 54.6 Å². The van der Waals surface area contributed by atoms with Crippen molar-refractivity contribution in [2.24, 2.45) is 0 Å². The van der Waals surface area contributed by atoms with Crippen LogP contribution >= 0.6 is 0 Å². The van der Waals surface area contributed by atoms with Crippen LogP contribution in [0.2, 0.25) is 0 Å². The van der Waals surface area contributed by atoms with E-state index in [1.807, 2.05) is 6.07 Å². The minimum atomic E-state index is -4.35. The van der Waals surface area contributed by atoms with Gasteiger partial charge in [0.25, 0.3) is 5.91 Å². The van der Waals surface area contributed by atoms with Crippen molar-refractivity contribution in [2.75, 3.05) is 6.54 Å². The van der Waals surface area contributed by atoms with Crippen LogP contribution in [0.5, 0.6) is 0 Å². The summed E-state index contributed by atoms with van der Waals surface area (Å²) in [7, 11) is 0. The lowest BCUT2D eigenvalue weighted by molar-refractivity contribution is -0.137. The fourth-order valence-corrected chi connectivity index (χ4v) is 2.50. The van der Waals surface area contributed by atoms with Crippen LogP contribution in [0.4, 0.5) is 13.2 Å². The van der Waals surface area contributed by atoms with Crippen molar-refractivity contribution in [1.82, 2.24) is 10.6 Å². The molecule has 2 aromatic rings. The van der Waals surface area contributed by atoms with E-state index in [4.69, 9.17) is 0 Å². The van der Waals surface area contributed by atoms with Gasteiger partial charge < -0.3 is 10.6 Å². The van der Waals surface area contributed by atoms with Crippen molar-refractivity contribution in [2.45, 2.75) is 32.0 Å². The first-order valence-corrected chi connectivity index (χ1v) is 8.54. The summed E-state index contributed by atoms with van der Waals surface area (Å²) in [6.45, 7) is 2.04. The monoisotopic (exact) mass is 378 g/mol. The Hall–Kier alpha value is -2.83. The van der Waals surface area contributed by atoms with E-state index in [-0.39, 0.29) is 24.3 Å². The normalized spacial score (nSPS) is 12.3. The summed E-state index contributed by atoms with van der Waals surface area (Å²) < 4.78 is 37.5. The molecule has 2 amide bonds. The van der Waals surface area contributed by atoms with E-state index in [2.05, 4.69) is 10.6 Å². The van der Waals surface area contributed by atoms with Gasteiger partial charge >= 0.3 is 6.18 Å². The SMILES string of the molecule is CC(CC(=O)NCCc1ccc(C(F)(F)F)cc1)NC(=O)c1ccccc1. The van der Waals surface area contributed by atoms with Crippen molar-refractivity contribution in [3.05, 3.63) is 71.3 Å². The third-order valence-electron chi connectivity index (χ3n) is 3.92. The van der Waals surface area contributed by atoms with E-state index < -0.39 is 11.7 Å². The van der Waals surface area contributed by atoms with Crippen molar-refractivity contribution < 1.29 is 22.8 Å². The summed E-state index contributed by atoms with van der Waals surface area (Å²) in [5.41, 5.74) is 0.527. The third-order valence-corrected chi connectivity index (χ3v) is 3.92. The molecule has 0 saturated carbocycles. The molecule has 0 fully saturated rings. The highest BCUT2D eigenvalue weighted by Gasteiger charge is 2.29. The molecule has 0 aliphatic heterocycles. The number of hydrogen-bond acceptors (Lipinski definition) is 2. The Morgan fingerprint density at radius 2 is 1.63 bits per heavy atom. The lowest BCUT2D eigenvalue weighted by atomic mass is 10.1. The van der Waals surface area contributed by atoms with Gasteiger partial charge in [0.05, 0.1) is 5.56 Å². The molecule has 0 heterocycles. The molecule has 27 heavy (non-hydrogen) atoms.